The molecule has 0 amide bonds. The minimum atomic E-state index is 0. The zero-order chi connectivity index (χ0) is 14.7. The molecule has 114 valence electrons. The molecule has 2 aromatic rings. The van der Waals surface area contributed by atoms with Crippen LogP contribution in [-0.2, 0) is 0 Å². The number of halogens is 1. The van der Waals surface area contributed by atoms with Crippen LogP contribution < -0.4 is 14.8 Å². The van der Waals surface area contributed by atoms with Crippen LogP contribution in [0, 0.1) is 6.92 Å². The van der Waals surface area contributed by atoms with Crippen molar-refractivity contribution in [2.45, 2.75) is 13.8 Å². The number of Topliss-reactive ketones (excluding diaryl/α,β-unsaturated/α-hetero) is 1. The first-order valence-electron chi connectivity index (χ1n) is 6.02. The standard InChI is InChI=1S/C14H16N2O3S.ClH/c1-8-13(9(2)17)20-14(15-8)16-11-7-10(18-3)5-6-12(11)19-4;/h5-7H,1-4H3,(H,15,16);1H. The maximum absolute atomic E-state index is 11.5. The van der Waals surface area contributed by atoms with E-state index in [0.717, 1.165) is 11.4 Å². The van der Waals surface area contributed by atoms with Crippen LogP contribution in [0.1, 0.15) is 22.3 Å². The molecule has 0 fully saturated rings. The zero-order valence-electron chi connectivity index (χ0n) is 12.2. The lowest BCUT2D eigenvalue weighted by molar-refractivity contribution is 0.102. The van der Waals surface area contributed by atoms with E-state index in [1.807, 2.05) is 25.1 Å². The van der Waals surface area contributed by atoms with Gasteiger partial charge < -0.3 is 14.8 Å². The number of thiazole rings is 1. The lowest BCUT2D eigenvalue weighted by Gasteiger charge is -2.10. The summed E-state index contributed by atoms with van der Waals surface area (Å²) in [6.45, 7) is 3.36. The SMILES string of the molecule is COc1ccc(OC)c(Nc2nc(C)c(C(C)=O)s2)c1.Cl. The zero-order valence-corrected chi connectivity index (χ0v) is 13.9. The minimum Gasteiger partial charge on any atom is -0.497 e. The van der Waals surface area contributed by atoms with Gasteiger partial charge in [-0.15, -0.1) is 12.4 Å². The number of aromatic nitrogens is 1. The van der Waals surface area contributed by atoms with Gasteiger partial charge in [-0.1, -0.05) is 11.3 Å². The Balaban J connectivity index is 0.00000220. The third kappa shape index (κ3) is 3.86. The molecule has 0 atom stereocenters. The fraction of sp³-hybridized carbons (Fsp3) is 0.286. The van der Waals surface area contributed by atoms with Crippen molar-refractivity contribution in [1.82, 2.24) is 4.98 Å². The number of benzene rings is 1. The van der Waals surface area contributed by atoms with Gasteiger partial charge in [-0.05, 0) is 19.1 Å². The highest BCUT2D eigenvalue weighted by atomic mass is 35.5. The molecule has 2 rings (SSSR count). The van der Waals surface area contributed by atoms with Crippen LogP contribution in [0.3, 0.4) is 0 Å². The summed E-state index contributed by atoms with van der Waals surface area (Å²) in [4.78, 5) is 16.5. The Bertz CT molecular complexity index is 643. The van der Waals surface area contributed by atoms with Crippen LogP contribution in [-0.4, -0.2) is 25.0 Å². The molecule has 0 unspecified atom stereocenters. The quantitative estimate of drug-likeness (QED) is 0.845. The first-order valence-corrected chi connectivity index (χ1v) is 6.84. The van der Waals surface area contributed by atoms with E-state index in [2.05, 4.69) is 10.3 Å². The highest BCUT2D eigenvalue weighted by Gasteiger charge is 2.13. The molecule has 5 nitrogen and oxygen atoms in total. The highest BCUT2D eigenvalue weighted by molar-refractivity contribution is 7.17. The number of rotatable bonds is 5. The number of nitrogens with zero attached hydrogens (tertiary/aromatic N) is 1. The summed E-state index contributed by atoms with van der Waals surface area (Å²) >= 11 is 1.33. The molecule has 0 aliphatic carbocycles. The van der Waals surface area contributed by atoms with Gasteiger partial charge in [0.1, 0.15) is 11.5 Å². The third-order valence-corrected chi connectivity index (χ3v) is 3.94. The molecule has 0 saturated heterocycles. The van der Waals surface area contributed by atoms with Crippen molar-refractivity contribution in [2.24, 2.45) is 0 Å². The molecule has 1 heterocycles. The van der Waals surface area contributed by atoms with Gasteiger partial charge in [0.15, 0.2) is 10.9 Å². The molecule has 1 aromatic carbocycles. The predicted octanol–water partition coefficient (Wildman–Crippen LogP) is 3.84. The van der Waals surface area contributed by atoms with Crippen molar-refractivity contribution < 1.29 is 14.3 Å². The number of hydrogen-bond acceptors (Lipinski definition) is 6. The van der Waals surface area contributed by atoms with Crippen molar-refractivity contribution in [1.29, 1.82) is 0 Å². The van der Waals surface area contributed by atoms with Gasteiger partial charge in [-0.25, -0.2) is 4.98 Å². The number of ether oxygens (including phenoxy) is 2. The van der Waals surface area contributed by atoms with Gasteiger partial charge in [-0.2, -0.15) is 0 Å². The van der Waals surface area contributed by atoms with Crippen molar-refractivity contribution in [3.05, 3.63) is 28.8 Å². The van der Waals surface area contributed by atoms with E-state index >= 15 is 0 Å². The van der Waals surface area contributed by atoms with E-state index in [4.69, 9.17) is 9.47 Å². The third-order valence-electron chi connectivity index (χ3n) is 2.76. The summed E-state index contributed by atoms with van der Waals surface area (Å²) in [5, 5.41) is 3.82. The monoisotopic (exact) mass is 328 g/mol. The fourth-order valence-corrected chi connectivity index (χ4v) is 2.68. The van der Waals surface area contributed by atoms with E-state index in [1.165, 1.54) is 18.3 Å². The molecule has 0 radical (unpaired) electrons. The second-order valence-corrected chi connectivity index (χ2v) is 5.18. The molecule has 0 aliphatic rings. The second-order valence-electron chi connectivity index (χ2n) is 4.18. The number of anilines is 2. The topological polar surface area (TPSA) is 60.5 Å². The Labute approximate surface area is 133 Å². The van der Waals surface area contributed by atoms with Gasteiger partial charge in [0.25, 0.3) is 0 Å². The van der Waals surface area contributed by atoms with Gasteiger partial charge in [-0.3, -0.25) is 4.79 Å². The Morgan fingerprint density at radius 3 is 2.52 bits per heavy atom. The van der Waals surface area contributed by atoms with Crippen molar-refractivity contribution in [2.75, 3.05) is 19.5 Å². The van der Waals surface area contributed by atoms with E-state index in [9.17, 15) is 4.79 Å². The lowest BCUT2D eigenvalue weighted by atomic mass is 10.2. The highest BCUT2D eigenvalue weighted by Crippen LogP contribution is 2.33. The molecule has 1 aromatic heterocycles. The van der Waals surface area contributed by atoms with Gasteiger partial charge in [0.05, 0.1) is 30.5 Å². The van der Waals surface area contributed by atoms with E-state index < -0.39 is 0 Å². The van der Waals surface area contributed by atoms with Crippen LogP contribution in [0.15, 0.2) is 18.2 Å². The van der Waals surface area contributed by atoms with Crippen molar-refractivity contribution in [3.63, 3.8) is 0 Å². The summed E-state index contributed by atoms with van der Waals surface area (Å²) in [6, 6.07) is 5.45. The lowest BCUT2D eigenvalue weighted by Crippen LogP contribution is -1.95. The second kappa shape index (κ2) is 7.28. The van der Waals surface area contributed by atoms with Crippen LogP contribution in [0.4, 0.5) is 10.8 Å². The van der Waals surface area contributed by atoms with Gasteiger partial charge in [0.2, 0.25) is 0 Å². The largest absolute Gasteiger partial charge is 0.497 e. The molecule has 1 N–H and O–H groups in total. The van der Waals surface area contributed by atoms with Crippen molar-refractivity contribution in [3.8, 4) is 11.5 Å². The van der Waals surface area contributed by atoms with Crippen LogP contribution in [0.2, 0.25) is 0 Å². The van der Waals surface area contributed by atoms with E-state index in [0.29, 0.717) is 21.5 Å². The number of ketones is 1. The van der Waals surface area contributed by atoms with Crippen LogP contribution in [0.25, 0.3) is 0 Å². The Morgan fingerprint density at radius 1 is 1.29 bits per heavy atom. The molecular formula is C14H17ClN2O3S. The summed E-state index contributed by atoms with van der Waals surface area (Å²) in [5.41, 5.74) is 1.47. The number of carbonyl (C=O) groups excluding carboxylic acids is 1. The van der Waals surface area contributed by atoms with Crippen LogP contribution >= 0.6 is 23.7 Å². The predicted molar refractivity (Wildman–Crippen MR) is 86.9 cm³/mol. The maximum Gasteiger partial charge on any atom is 0.188 e. The molecular weight excluding hydrogens is 312 g/mol. The van der Waals surface area contributed by atoms with Crippen LogP contribution in [0.5, 0.6) is 11.5 Å². The first-order chi connectivity index (χ1) is 9.55. The Kier molecular flexibility index (Phi) is 5.99. The number of nitrogens with one attached hydrogen (secondary N) is 1. The average Bonchev–Trinajstić information content (AvgIpc) is 2.79. The minimum absolute atomic E-state index is 0. The average molecular weight is 329 g/mol. The molecule has 0 saturated carbocycles. The smallest absolute Gasteiger partial charge is 0.188 e. The number of methoxy groups -OCH3 is 2. The summed E-state index contributed by atoms with van der Waals surface area (Å²) in [7, 11) is 3.20. The molecule has 0 spiro atoms. The number of hydrogen-bond donors (Lipinski definition) is 1. The maximum atomic E-state index is 11.5. The van der Waals surface area contributed by atoms with Gasteiger partial charge >= 0.3 is 0 Å². The molecule has 7 heteroatoms. The number of carbonyl (C=O) groups is 1. The summed E-state index contributed by atoms with van der Waals surface area (Å²) in [6.07, 6.45) is 0. The molecule has 0 aliphatic heterocycles. The molecule has 0 bridgehead atoms. The fourth-order valence-electron chi connectivity index (χ4n) is 1.80. The van der Waals surface area contributed by atoms with E-state index in [-0.39, 0.29) is 18.2 Å². The Hall–Kier alpha value is -1.79. The summed E-state index contributed by atoms with van der Waals surface area (Å²) < 4.78 is 10.5. The van der Waals surface area contributed by atoms with Crippen molar-refractivity contribution >= 4 is 40.3 Å². The Morgan fingerprint density at radius 2 is 2.00 bits per heavy atom. The van der Waals surface area contributed by atoms with Gasteiger partial charge in [0, 0.05) is 13.0 Å². The summed E-state index contributed by atoms with van der Waals surface area (Å²) in [5.74, 6) is 1.42. The number of aryl methyl sites for hydroxylation is 1. The normalized spacial score (nSPS) is 9.71. The molecule has 21 heavy (non-hydrogen) atoms. The first kappa shape index (κ1) is 17.3. The van der Waals surface area contributed by atoms with E-state index in [1.54, 1.807) is 14.2 Å².